The monoisotopic (exact) mass is 497 g/mol. The summed E-state index contributed by atoms with van der Waals surface area (Å²) in [5.41, 5.74) is 0.762. The average Bonchev–Trinajstić information content (AvgIpc) is 3.09. The molecule has 0 N–H and O–H groups in total. The lowest BCUT2D eigenvalue weighted by atomic mass is 10.0. The first-order valence-electron chi connectivity index (χ1n) is 10.8. The second kappa shape index (κ2) is 11.9. The number of ether oxygens (including phenoxy) is 1. The molecule has 3 rings (SSSR count). The molecule has 1 aliphatic rings. The number of thioether (sulfide) groups is 1. The highest BCUT2D eigenvalue weighted by Gasteiger charge is 2.25. The topological polar surface area (TPSA) is 81.0 Å². The van der Waals surface area contributed by atoms with Crippen molar-refractivity contribution in [1.29, 1.82) is 0 Å². The van der Waals surface area contributed by atoms with Gasteiger partial charge in [0.1, 0.15) is 6.54 Å². The number of hydrogen-bond donors (Lipinski definition) is 0. The van der Waals surface area contributed by atoms with Crippen LogP contribution in [0.5, 0.6) is 0 Å². The highest BCUT2D eigenvalue weighted by Crippen LogP contribution is 2.22. The molecule has 1 aliphatic heterocycles. The second-order valence-corrected chi connectivity index (χ2v) is 9.96. The van der Waals surface area contributed by atoms with Crippen LogP contribution in [0.4, 0.5) is 0 Å². The Labute approximate surface area is 200 Å². The van der Waals surface area contributed by atoms with Crippen molar-refractivity contribution in [1.82, 2.24) is 9.47 Å². The minimum atomic E-state index is -0.400. The van der Waals surface area contributed by atoms with Crippen molar-refractivity contribution in [2.75, 3.05) is 24.7 Å². The molecule has 1 unspecified atom stereocenters. The van der Waals surface area contributed by atoms with Crippen LogP contribution in [0.2, 0.25) is 5.02 Å². The molecule has 10 heteroatoms. The Morgan fingerprint density at radius 1 is 1.25 bits per heavy atom. The molecule has 0 aliphatic carbocycles. The van der Waals surface area contributed by atoms with Crippen molar-refractivity contribution in [3.8, 4) is 0 Å². The molecule has 0 bridgehead atoms. The van der Waals surface area contributed by atoms with Crippen LogP contribution in [-0.4, -0.2) is 57.9 Å². The number of aromatic nitrogens is 1. The summed E-state index contributed by atoms with van der Waals surface area (Å²) in [4.78, 5) is 43.8. The number of thiazole rings is 1. The second-order valence-electron chi connectivity index (χ2n) is 7.53. The lowest BCUT2D eigenvalue weighted by Gasteiger charge is -2.35. The third-order valence-electron chi connectivity index (χ3n) is 5.33. The van der Waals surface area contributed by atoms with Gasteiger partial charge in [0, 0.05) is 17.6 Å². The van der Waals surface area contributed by atoms with Crippen LogP contribution in [0.25, 0.3) is 10.2 Å². The minimum Gasteiger partial charge on any atom is -0.465 e. The minimum absolute atomic E-state index is 0.0411. The molecule has 0 radical (unpaired) electrons. The lowest BCUT2D eigenvalue weighted by molar-refractivity contribution is -0.143. The summed E-state index contributed by atoms with van der Waals surface area (Å²) in [5, 5.41) is 0.567. The first kappa shape index (κ1) is 24.8. The van der Waals surface area contributed by atoms with E-state index in [-0.39, 0.29) is 36.5 Å². The molecule has 7 nitrogen and oxygen atoms in total. The first-order chi connectivity index (χ1) is 15.4. The van der Waals surface area contributed by atoms with Crippen molar-refractivity contribution in [2.24, 2.45) is 4.99 Å². The van der Waals surface area contributed by atoms with Gasteiger partial charge in [0.25, 0.3) is 5.91 Å². The van der Waals surface area contributed by atoms with Crippen molar-refractivity contribution >= 4 is 62.7 Å². The Morgan fingerprint density at radius 2 is 2.06 bits per heavy atom. The van der Waals surface area contributed by atoms with E-state index < -0.39 is 5.97 Å². The van der Waals surface area contributed by atoms with Crippen molar-refractivity contribution in [3.05, 3.63) is 28.0 Å². The maximum absolute atomic E-state index is 12.6. The predicted octanol–water partition coefficient (Wildman–Crippen LogP) is 3.87. The standard InChI is InChI=1S/C22H28ClN3O4S2/c1-3-16-7-5-6-10-25(16)20(28)14-31-13-19(27)24-22-26(12-21(29)30-4-2)17-9-8-15(23)11-18(17)32-22/h8-9,11,16H,3-7,10,12-14H2,1-2H3. The largest absolute Gasteiger partial charge is 0.465 e. The fourth-order valence-corrected chi connectivity index (χ4v) is 5.83. The molecule has 2 amide bonds. The van der Waals surface area contributed by atoms with E-state index in [2.05, 4.69) is 11.9 Å². The van der Waals surface area contributed by atoms with Crippen LogP contribution in [0.15, 0.2) is 23.2 Å². The van der Waals surface area contributed by atoms with Gasteiger partial charge in [-0.25, -0.2) is 0 Å². The summed E-state index contributed by atoms with van der Waals surface area (Å²) in [7, 11) is 0. The van der Waals surface area contributed by atoms with Crippen LogP contribution in [0.3, 0.4) is 0 Å². The number of esters is 1. The van der Waals surface area contributed by atoms with E-state index in [0.29, 0.717) is 15.9 Å². The molecule has 1 saturated heterocycles. The maximum atomic E-state index is 12.6. The molecule has 1 fully saturated rings. The number of hydrogen-bond acceptors (Lipinski definition) is 6. The molecule has 174 valence electrons. The zero-order chi connectivity index (χ0) is 23.1. The number of likely N-dealkylation sites (tertiary alicyclic amines) is 1. The van der Waals surface area contributed by atoms with Crippen LogP contribution in [-0.2, 0) is 25.7 Å². The van der Waals surface area contributed by atoms with Crippen molar-refractivity contribution < 1.29 is 19.1 Å². The molecule has 2 aromatic rings. The normalized spacial score (nSPS) is 17.0. The van der Waals surface area contributed by atoms with Crippen molar-refractivity contribution in [2.45, 2.75) is 52.1 Å². The highest BCUT2D eigenvalue weighted by atomic mass is 35.5. The summed E-state index contributed by atoms with van der Waals surface area (Å²) in [6, 6.07) is 5.62. The van der Waals surface area contributed by atoms with Gasteiger partial charge in [-0.2, -0.15) is 4.99 Å². The van der Waals surface area contributed by atoms with Gasteiger partial charge in [0.2, 0.25) is 5.91 Å². The maximum Gasteiger partial charge on any atom is 0.326 e. The number of benzene rings is 1. The molecule has 2 heterocycles. The number of fused-ring (bicyclic) bond motifs is 1. The van der Waals surface area contributed by atoms with Gasteiger partial charge in [-0.3, -0.25) is 14.4 Å². The van der Waals surface area contributed by atoms with Crippen molar-refractivity contribution in [3.63, 3.8) is 0 Å². The molecule has 32 heavy (non-hydrogen) atoms. The fourth-order valence-electron chi connectivity index (χ4n) is 3.82. The third-order valence-corrected chi connectivity index (χ3v) is 7.51. The zero-order valence-corrected chi connectivity index (χ0v) is 20.7. The van der Waals surface area contributed by atoms with E-state index in [1.165, 1.54) is 29.5 Å². The first-order valence-corrected chi connectivity index (χ1v) is 13.2. The van der Waals surface area contributed by atoms with Crippen LogP contribution < -0.4 is 4.80 Å². The number of carbonyl (C=O) groups is 3. The SMILES string of the molecule is CCOC(=O)Cn1c(=NC(=O)CSCC(=O)N2CCCCC2CC)sc2cc(Cl)ccc21. The Kier molecular flexibility index (Phi) is 9.19. The van der Waals surface area contributed by atoms with Gasteiger partial charge in [-0.05, 0) is 50.8 Å². The van der Waals surface area contributed by atoms with Gasteiger partial charge >= 0.3 is 5.97 Å². The van der Waals surface area contributed by atoms with Crippen LogP contribution >= 0.6 is 34.7 Å². The van der Waals surface area contributed by atoms with Gasteiger partial charge in [-0.1, -0.05) is 29.9 Å². The van der Waals surface area contributed by atoms with Gasteiger partial charge < -0.3 is 14.2 Å². The van der Waals surface area contributed by atoms with Gasteiger partial charge in [0.05, 0.1) is 28.3 Å². The van der Waals surface area contributed by atoms with E-state index in [1.807, 2.05) is 4.90 Å². The smallest absolute Gasteiger partial charge is 0.326 e. The lowest BCUT2D eigenvalue weighted by Crippen LogP contribution is -2.44. The molecule has 1 aromatic carbocycles. The molecule has 0 spiro atoms. The highest BCUT2D eigenvalue weighted by molar-refractivity contribution is 8.00. The summed E-state index contributed by atoms with van der Waals surface area (Å²) in [6.45, 7) is 4.89. The summed E-state index contributed by atoms with van der Waals surface area (Å²) >= 11 is 8.66. The Hall–Kier alpha value is -1.84. The third kappa shape index (κ3) is 6.36. The molecular weight excluding hydrogens is 470 g/mol. The molecular formula is C22H28ClN3O4S2. The van der Waals surface area contributed by atoms with E-state index >= 15 is 0 Å². The summed E-state index contributed by atoms with van der Waals surface area (Å²) in [6.07, 6.45) is 4.22. The number of carbonyl (C=O) groups excluding carboxylic acids is 3. The van der Waals surface area contributed by atoms with Crippen LogP contribution in [0, 0.1) is 0 Å². The Morgan fingerprint density at radius 3 is 2.81 bits per heavy atom. The predicted molar refractivity (Wildman–Crippen MR) is 129 cm³/mol. The van der Waals surface area contributed by atoms with E-state index in [9.17, 15) is 14.4 Å². The number of piperidine rings is 1. The molecule has 1 aromatic heterocycles. The molecule has 0 saturated carbocycles. The quantitative estimate of drug-likeness (QED) is 0.517. The Bertz CT molecular complexity index is 1050. The summed E-state index contributed by atoms with van der Waals surface area (Å²) < 4.78 is 7.55. The molecule has 1 atom stereocenters. The fraction of sp³-hybridized carbons (Fsp3) is 0.545. The zero-order valence-electron chi connectivity index (χ0n) is 18.3. The van der Waals surface area contributed by atoms with E-state index in [4.69, 9.17) is 16.3 Å². The Balaban J connectivity index is 1.70. The number of halogens is 1. The van der Waals surface area contributed by atoms with E-state index in [0.717, 1.165) is 36.0 Å². The number of nitrogens with zero attached hydrogens (tertiary/aromatic N) is 3. The average molecular weight is 498 g/mol. The van der Waals surface area contributed by atoms with Gasteiger partial charge in [-0.15, -0.1) is 11.8 Å². The number of amides is 2. The van der Waals surface area contributed by atoms with E-state index in [1.54, 1.807) is 29.7 Å². The summed E-state index contributed by atoms with van der Waals surface area (Å²) in [5.74, 6) is -0.289. The van der Waals surface area contributed by atoms with Gasteiger partial charge in [0.15, 0.2) is 4.80 Å². The number of rotatable bonds is 8. The van der Waals surface area contributed by atoms with Crippen LogP contribution in [0.1, 0.15) is 39.5 Å².